The Bertz CT molecular complexity index is 906. The molecule has 3 aromatic rings. The summed E-state index contributed by atoms with van der Waals surface area (Å²) >= 11 is 0. The molecule has 0 radical (unpaired) electrons. The summed E-state index contributed by atoms with van der Waals surface area (Å²) in [6.45, 7) is 0. The summed E-state index contributed by atoms with van der Waals surface area (Å²) < 4.78 is 23.6. The number of nitrogens with one attached hydrogen (secondary N) is 1. The molecule has 4 nitrogen and oxygen atoms in total. The molecule has 5 heteroatoms. The van der Waals surface area contributed by atoms with Gasteiger partial charge in [-0.05, 0) is 60.2 Å². The largest absolute Gasteiger partial charge is 0.497 e. The van der Waals surface area contributed by atoms with Crippen molar-refractivity contribution in [2.45, 2.75) is 0 Å². The van der Waals surface area contributed by atoms with Gasteiger partial charge in [-0.2, -0.15) is 0 Å². The molecular formula is C21H18FNO3. The van der Waals surface area contributed by atoms with Crippen molar-refractivity contribution in [3.05, 3.63) is 78.1 Å². The summed E-state index contributed by atoms with van der Waals surface area (Å²) in [6.07, 6.45) is 0. The quantitative estimate of drug-likeness (QED) is 0.721. The topological polar surface area (TPSA) is 47.6 Å². The molecule has 0 aliphatic heterocycles. The van der Waals surface area contributed by atoms with Crippen LogP contribution in [-0.2, 0) is 0 Å². The molecule has 1 N–H and O–H groups in total. The molecule has 0 atom stereocenters. The minimum Gasteiger partial charge on any atom is -0.497 e. The van der Waals surface area contributed by atoms with Crippen molar-refractivity contribution in [2.75, 3.05) is 19.5 Å². The first kappa shape index (κ1) is 17.5. The molecule has 0 unspecified atom stereocenters. The van der Waals surface area contributed by atoms with E-state index in [1.807, 2.05) is 30.3 Å². The van der Waals surface area contributed by atoms with Crippen molar-refractivity contribution < 1.29 is 18.7 Å². The molecule has 0 heterocycles. The number of hydrogen-bond donors (Lipinski definition) is 1. The minimum absolute atomic E-state index is 0.309. The molecule has 0 saturated heterocycles. The summed E-state index contributed by atoms with van der Waals surface area (Å²) in [5.41, 5.74) is 2.77. The van der Waals surface area contributed by atoms with E-state index in [0.29, 0.717) is 17.0 Å². The zero-order chi connectivity index (χ0) is 18.5. The lowest BCUT2D eigenvalue weighted by molar-refractivity contribution is 0.102. The highest BCUT2D eigenvalue weighted by Gasteiger charge is 2.11. The Balaban J connectivity index is 1.89. The number of anilines is 1. The van der Waals surface area contributed by atoms with Crippen molar-refractivity contribution in [3.63, 3.8) is 0 Å². The second-order valence-electron chi connectivity index (χ2n) is 5.60. The van der Waals surface area contributed by atoms with Gasteiger partial charge in [0.1, 0.15) is 17.3 Å². The fraction of sp³-hybridized carbons (Fsp3) is 0.0952. The highest BCUT2D eigenvalue weighted by atomic mass is 19.1. The normalized spacial score (nSPS) is 10.3. The van der Waals surface area contributed by atoms with Gasteiger partial charge in [0.2, 0.25) is 0 Å². The molecule has 1 amide bonds. The van der Waals surface area contributed by atoms with E-state index < -0.39 is 0 Å². The van der Waals surface area contributed by atoms with Crippen molar-refractivity contribution in [3.8, 4) is 22.6 Å². The molecule has 0 aliphatic carbocycles. The Labute approximate surface area is 151 Å². The summed E-state index contributed by atoms with van der Waals surface area (Å²) in [5.74, 6) is 0.757. The Morgan fingerprint density at radius 1 is 0.885 bits per heavy atom. The summed E-state index contributed by atoms with van der Waals surface area (Å²) in [5, 5.41) is 2.82. The maximum absolute atomic E-state index is 13.0. The van der Waals surface area contributed by atoms with Gasteiger partial charge in [-0.25, -0.2) is 4.39 Å². The van der Waals surface area contributed by atoms with Gasteiger partial charge in [0, 0.05) is 16.8 Å². The van der Waals surface area contributed by atoms with Crippen LogP contribution in [0.25, 0.3) is 11.1 Å². The average Bonchev–Trinajstić information content (AvgIpc) is 2.68. The third-order valence-electron chi connectivity index (χ3n) is 3.96. The van der Waals surface area contributed by atoms with E-state index in [1.165, 1.54) is 24.3 Å². The lowest BCUT2D eigenvalue weighted by atomic mass is 10.0. The number of amides is 1. The smallest absolute Gasteiger partial charge is 0.255 e. The first-order valence-corrected chi connectivity index (χ1v) is 8.00. The first-order valence-electron chi connectivity index (χ1n) is 8.00. The van der Waals surface area contributed by atoms with Crippen LogP contribution in [0.4, 0.5) is 10.1 Å². The maximum atomic E-state index is 13.0. The number of carbonyl (C=O) groups excluding carboxylic acids is 1. The Kier molecular flexibility index (Phi) is 5.17. The van der Waals surface area contributed by atoms with Crippen molar-refractivity contribution in [1.82, 2.24) is 0 Å². The van der Waals surface area contributed by atoms with Crippen molar-refractivity contribution in [2.24, 2.45) is 0 Å². The first-order chi connectivity index (χ1) is 12.6. The standard InChI is InChI=1S/C21H18FNO3/c1-25-18-10-5-14(6-11-18)19-13-17(9-12-20(19)26-2)23-21(24)15-3-7-16(22)8-4-15/h3-13H,1-2H3,(H,23,24). The highest BCUT2D eigenvalue weighted by Crippen LogP contribution is 2.33. The van der Waals surface area contributed by atoms with Crippen molar-refractivity contribution >= 4 is 11.6 Å². The molecule has 0 aromatic heterocycles. The zero-order valence-corrected chi connectivity index (χ0v) is 14.5. The molecule has 0 saturated carbocycles. The monoisotopic (exact) mass is 351 g/mol. The van der Waals surface area contributed by atoms with E-state index in [4.69, 9.17) is 9.47 Å². The predicted molar refractivity (Wildman–Crippen MR) is 99.3 cm³/mol. The number of benzene rings is 3. The van der Waals surface area contributed by atoms with E-state index in [9.17, 15) is 9.18 Å². The van der Waals surface area contributed by atoms with Gasteiger partial charge in [-0.15, -0.1) is 0 Å². The molecule has 26 heavy (non-hydrogen) atoms. The number of rotatable bonds is 5. The maximum Gasteiger partial charge on any atom is 0.255 e. The Hall–Kier alpha value is -3.34. The van der Waals surface area contributed by atoms with Crippen molar-refractivity contribution in [1.29, 1.82) is 0 Å². The SMILES string of the molecule is COc1ccc(-c2cc(NC(=O)c3ccc(F)cc3)ccc2OC)cc1. The number of ether oxygens (including phenoxy) is 2. The van der Waals surface area contributed by atoms with Gasteiger partial charge < -0.3 is 14.8 Å². The number of methoxy groups -OCH3 is 2. The van der Waals surface area contributed by atoms with Gasteiger partial charge in [0.05, 0.1) is 14.2 Å². The van der Waals surface area contributed by atoms with Crippen LogP contribution in [0, 0.1) is 5.82 Å². The van der Waals surface area contributed by atoms with Crippen LogP contribution in [0.3, 0.4) is 0 Å². The van der Waals surface area contributed by atoms with Crippen LogP contribution in [0.2, 0.25) is 0 Å². The summed E-state index contributed by atoms with van der Waals surface area (Å²) in [4.78, 5) is 12.3. The van der Waals surface area contributed by atoms with Gasteiger partial charge >= 0.3 is 0 Å². The third kappa shape index (κ3) is 3.83. The van der Waals surface area contributed by atoms with Gasteiger partial charge in [-0.1, -0.05) is 12.1 Å². The predicted octanol–water partition coefficient (Wildman–Crippen LogP) is 4.76. The van der Waals surface area contributed by atoms with Crippen LogP contribution in [0.15, 0.2) is 66.7 Å². The molecule has 132 valence electrons. The molecule has 0 bridgehead atoms. The second-order valence-corrected chi connectivity index (χ2v) is 5.60. The van der Waals surface area contributed by atoms with E-state index >= 15 is 0 Å². The van der Waals surface area contributed by atoms with E-state index in [1.54, 1.807) is 26.4 Å². The van der Waals surface area contributed by atoms with Crippen LogP contribution in [0.1, 0.15) is 10.4 Å². The molecule has 3 aromatic carbocycles. The average molecular weight is 351 g/mol. The third-order valence-corrected chi connectivity index (χ3v) is 3.96. The molecule has 0 fully saturated rings. The number of carbonyl (C=O) groups is 1. The van der Waals surface area contributed by atoms with Gasteiger partial charge in [-0.3, -0.25) is 4.79 Å². The summed E-state index contributed by atoms with van der Waals surface area (Å²) in [7, 11) is 3.21. The second kappa shape index (κ2) is 7.70. The molecule has 3 rings (SSSR count). The van der Waals surface area contributed by atoms with Gasteiger partial charge in [0.15, 0.2) is 0 Å². The molecular weight excluding hydrogens is 333 g/mol. The number of hydrogen-bond acceptors (Lipinski definition) is 3. The van der Waals surface area contributed by atoms with Gasteiger partial charge in [0.25, 0.3) is 5.91 Å². The minimum atomic E-state index is -0.382. The summed E-state index contributed by atoms with van der Waals surface area (Å²) in [6, 6.07) is 18.3. The molecule has 0 aliphatic rings. The van der Waals surface area contributed by atoms with E-state index in [0.717, 1.165) is 16.9 Å². The fourth-order valence-corrected chi connectivity index (χ4v) is 2.59. The molecule has 0 spiro atoms. The van der Waals surface area contributed by atoms with Crippen LogP contribution in [0.5, 0.6) is 11.5 Å². The number of halogens is 1. The van der Waals surface area contributed by atoms with E-state index in [2.05, 4.69) is 5.32 Å². The van der Waals surface area contributed by atoms with Crippen LogP contribution in [-0.4, -0.2) is 20.1 Å². The van der Waals surface area contributed by atoms with Crippen LogP contribution >= 0.6 is 0 Å². The van der Waals surface area contributed by atoms with E-state index in [-0.39, 0.29) is 11.7 Å². The lowest BCUT2D eigenvalue weighted by Gasteiger charge is -2.12. The Morgan fingerprint density at radius 2 is 1.58 bits per heavy atom. The van der Waals surface area contributed by atoms with Crippen LogP contribution < -0.4 is 14.8 Å². The highest BCUT2D eigenvalue weighted by molar-refractivity contribution is 6.04. The zero-order valence-electron chi connectivity index (χ0n) is 14.5. The Morgan fingerprint density at radius 3 is 2.19 bits per heavy atom. The fourth-order valence-electron chi connectivity index (χ4n) is 2.59. The lowest BCUT2D eigenvalue weighted by Crippen LogP contribution is -2.11.